The summed E-state index contributed by atoms with van der Waals surface area (Å²) in [6, 6.07) is 11.2. The summed E-state index contributed by atoms with van der Waals surface area (Å²) in [7, 11) is 0. The first-order valence-corrected chi connectivity index (χ1v) is 7.29. The van der Waals surface area contributed by atoms with Crippen LogP contribution in [0.2, 0.25) is 0 Å². The summed E-state index contributed by atoms with van der Waals surface area (Å²) in [5.41, 5.74) is 1.98. The van der Waals surface area contributed by atoms with E-state index in [0.29, 0.717) is 17.7 Å². The van der Waals surface area contributed by atoms with Crippen molar-refractivity contribution < 1.29 is 19.8 Å². The van der Waals surface area contributed by atoms with Crippen molar-refractivity contribution in [3.05, 3.63) is 53.6 Å². The van der Waals surface area contributed by atoms with Crippen molar-refractivity contribution in [3.8, 4) is 11.5 Å². The predicted octanol–water partition coefficient (Wildman–Crippen LogP) is 3.12. The zero-order valence-electron chi connectivity index (χ0n) is 13.0. The minimum absolute atomic E-state index is 0.0246. The molecule has 0 aromatic heterocycles. The Balaban J connectivity index is 1.99. The van der Waals surface area contributed by atoms with E-state index in [4.69, 9.17) is 0 Å². The summed E-state index contributed by atoms with van der Waals surface area (Å²) in [4.78, 5) is 23.4. The second kappa shape index (κ2) is 6.96. The molecule has 0 spiro atoms. The van der Waals surface area contributed by atoms with Gasteiger partial charge in [-0.15, -0.1) is 0 Å². The maximum atomic E-state index is 12.2. The molecule has 1 unspecified atom stereocenters. The third-order valence-corrected chi connectivity index (χ3v) is 3.59. The average Bonchev–Trinajstić information content (AvgIpc) is 2.51. The van der Waals surface area contributed by atoms with E-state index in [-0.39, 0.29) is 29.1 Å². The highest BCUT2D eigenvalue weighted by Crippen LogP contribution is 2.26. The summed E-state index contributed by atoms with van der Waals surface area (Å²) in [5.74, 6) is -0.880. The minimum Gasteiger partial charge on any atom is -0.504 e. The highest BCUT2D eigenvalue weighted by atomic mass is 16.3. The fourth-order valence-electron chi connectivity index (χ4n) is 2.20. The lowest BCUT2D eigenvalue weighted by molar-refractivity contribution is -0.119. The molecule has 0 aliphatic rings. The van der Waals surface area contributed by atoms with Gasteiger partial charge in [0.25, 0.3) is 0 Å². The molecule has 0 fully saturated rings. The topological polar surface area (TPSA) is 86.6 Å². The van der Waals surface area contributed by atoms with E-state index in [1.807, 2.05) is 0 Å². The van der Waals surface area contributed by atoms with Gasteiger partial charge in [0.15, 0.2) is 17.3 Å². The van der Waals surface area contributed by atoms with E-state index < -0.39 is 0 Å². The zero-order valence-corrected chi connectivity index (χ0v) is 13.0. The number of phenolic OH excluding ortho intramolecular Hbond substituents is 2. The Kier molecular flexibility index (Phi) is 5.01. The summed E-state index contributed by atoms with van der Waals surface area (Å²) in [6.07, 6.45) is 0.436. The summed E-state index contributed by atoms with van der Waals surface area (Å²) in [6.45, 7) is 3.27. The fourth-order valence-corrected chi connectivity index (χ4v) is 2.20. The van der Waals surface area contributed by atoms with Crippen LogP contribution in [0.1, 0.15) is 29.8 Å². The van der Waals surface area contributed by atoms with Crippen LogP contribution in [0.4, 0.5) is 5.69 Å². The molecule has 0 saturated carbocycles. The molecule has 23 heavy (non-hydrogen) atoms. The van der Waals surface area contributed by atoms with Crippen LogP contribution in [0.3, 0.4) is 0 Å². The lowest BCUT2D eigenvalue weighted by atomic mass is 10.00. The van der Waals surface area contributed by atoms with Crippen LogP contribution in [0.25, 0.3) is 0 Å². The van der Waals surface area contributed by atoms with Crippen LogP contribution in [-0.4, -0.2) is 21.9 Å². The minimum atomic E-state index is -0.313. The van der Waals surface area contributed by atoms with Gasteiger partial charge in [0, 0.05) is 17.2 Å². The Morgan fingerprint density at radius 1 is 1.04 bits per heavy atom. The van der Waals surface area contributed by atoms with Gasteiger partial charge in [0.1, 0.15) is 0 Å². The van der Waals surface area contributed by atoms with E-state index in [1.165, 1.54) is 19.1 Å². The third kappa shape index (κ3) is 4.32. The van der Waals surface area contributed by atoms with Gasteiger partial charge >= 0.3 is 0 Å². The van der Waals surface area contributed by atoms with Gasteiger partial charge in [-0.2, -0.15) is 0 Å². The number of nitrogens with one attached hydrogen (secondary N) is 1. The molecular formula is C18H19NO4. The van der Waals surface area contributed by atoms with Crippen molar-refractivity contribution in [2.45, 2.75) is 20.3 Å². The summed E-state index contributed by atoms with van der Waals surface area (Å²) >= 11 is 0. The molecule has 0 saturated heterocycles. The maximum absolute atomic E-state index is 12.2. The van der Waals surface area contributed by atoms with Crippen molar-refractivity contribution in [1.82, 2.24) is 0 Å². The SMILES string of the molecule is CC(=O)c1ccc(NC(=O)C(C)Cc2ccc(O)c(O)c2)cc1. The molecule has 1 atom stereocenters. The number of anilines is 1. The molecule has 5 nitrogen and oxygen atoms in total. The van der Waals surface area contributed by atoms with E-state index in [1.54, 1.807) is 37.3 Å². The molecule has 0 heterocycles. The number of Topliss-reactive ketones (excluding diaryl/α,β-unsaturated/α-hetero) is 1. The number of aromatic hydroxyl groups is 2. The molecule has 0 aliphatic carbocycles. The monoisotopic (exact) mass is 313 g/mol. The second-order valence-corrected chi connectivity index (χ2v) is 5.55. The number of rotatable bonds is 5. The summed E-state index contributed by atoms with van der Waals surface area (Å²) < 4.78 is 0. The zero-order chi connectivity index (χ0) is 17.0. The number of amides is 1. The molecular weight excluding hydrogens is 294 g/mol. The van der Waals surface area contributed by atoms with Gasteiger partial charge in [-0.3, -0.25) is 9.59 Å². The van der Waals surface area contributed by atoms with E-state index >= 15 is 0 Å². The number of phenols is 2. The van der Waals surface area contributed by atoms with Gasteiger partial charge in [-0.1, -0.05) is 13.0 Å². The van der Waals surface area contributed by atoms with Crippen LogP contribution in [0.5, 0.6) is 11.5 Å². The van der Waals surface area contributed by atoms with Crippen LogP contribution >= 0.6 is 0 Å². The van der Waals surface area contributed by atoms with E-state index in [9.17, 15) is 19.8 Å². The van der Waals surface area contributed by atoms with Crippen molar-refractivity contribution in [2.75, 3.05) is 5.32 Å². The van der Waals surface area contributed by atoms with E-state index in [0.717, 1.165) is 5.56 Å². The number of carbonyl (C=O) groups is 2. The Hall–Kier alpha value is -2.82. The van der Waals surface area contributed by atoms with Gasteiger partial charge in [0.2, 0.25) is 5.91 Å². The molecule has 2 aromatic carbocycles. The van der Waals surface area contributed by atoms with Gasteiger partial charge in [0.05, 0.1) is 0 Å². The standard InChI is InChI=1S/C18H19NO4/c1-11(9-13-3-8-16(21)17(22)10-13)18(23)19-15-6-4-14(5-7-15)12(2)20/h3-8,10-11,21-22H,9H2,1-2H3,(H,19,23). The van der Waals surface area contributed by atoms with E-state index in [2.05, 4.69) is 5.32 Å². The quantitative estimate of drug-likeness (QED) is 0.585. The Labute approximate surface area is 134 Å². The van der Waals surface area contributed by atoms with Crippen LogP contribution in [0.15, 0.2) is 42.5 Å². The molecule has 0 aliphatic heterocycles. The van der Waals surface area contributed by atoms with Crippen molar-refractivity contribution in [3.63, 3.8) is 0 Å². The Bertz CT molecular complexity index is 722. The molecule has 2 rings (SSSR count). The first kappa shape index (κ1) is 16.5. The highest BCUT2D eigenvalue weighted by molar-refractivity contribution is 5.96. The number of hydrogen-bond acceptors (Lipinski definition) is 4. The largest absolute Gasteiger partial charge is 0.504 e. The number of benzene rings is 2. The maximum Gasteiger partial charge on any atom is 0.227 e. The van der Waals surface area contributed by atoms with Gasteiger partial charge in [-0.05, 0) is 55.3 Å². The predicted molar refractivity (Wildman–Crippen MR) is 87.7 cm³/mol. The summed E-state index contributed by atoms with van der Waals surface area (Å²) in [5, 5.41) is 21.6. The number of hydrogen-bond donors (Lipinski definition) is 3. The normalized spacial score (nSPS) is 11.7. The highest BCUT2D eigenvalue weighted by Gasteiger charge is 2.15. The first-order chi connectivity index (χ1) is 10.9. The Morgan fingerprint density at radius 2 is 1.70 bits per heavy atom. The smallest absolute Gasteiger partial charge is 0.227 e. The molecule has 120 valence electrons. The number of carbonyl (C=O) groups excluding carboxylic acids is 2. The van der Waals surface area contributed by atoms with Gasteiger partial charge < -0.3 is 15.5 Å². The lowest BCUT2D eigenvalue weighted by Gasteiger charge is -2.13. The Morgan fingerprint density at radius 3 is 2.26 bits per heavy atom. The molecule has 0 bridgehead atoms. The first-order valence-electron chi connectivity index (χ1n) is 7.29. The average molecular weight is 313 g/mol. The van der Waals surface area contributed by atoms with Crippen molar-refractivity contribution >= 4 is 17.4 Å². The van der Waals surface area contributed by atoms with Crippen LogP contribution < -0.4 is 5.32 Å². The van der Waals surface area contributed by atoms with Gasteiger partial charge in [-0.25, -0.2) is 0 Å². The van der Waals surface area contributed by atoms with Crippen LogP contribution in [-0.2, 0) is 11.2 Å². The second-order valence-electron chi connectivity index (χ2n) is 5.55. The molecule has 2 aromatic rings. The molecule has 5 heteroatoms. The van der Waals surface area contributed by atoms with Crippen LogP contribution in [0, 0.1) is 5.92 Å². The molecule has 0 radical (unpaired) electrons. The number of ketones is 1. The molecule has 3 N–H and O–H groups in total. The fraction of sp³-hybridized carbons (Fsp3) is 0.222. The third-order valence-electron chi connectivity index (χ3n) is 3.59. The molecule has 1 amide bonds. The van der Waals surface area contributed by atoms with Crippen molar-refractivity contribution in [2.24, 2.45) is 5.92 Å². The lowest BCUT2D eigenvalue weighted by Crippen LogP contribution is -2.22. The van der Waals surface area contributed by atoms with Crippen molar-refractivity contribution in [1.29, 1.82) is 0 Å².